The summed E-state index contributed by atoms with van der Waals surface area (Å²) in [7, 11) is 0. The van der Waals surface area contributed by atoms with Crippen molar-refractivity contribution in [3.05, 3.63) is 60.2 Å². The molecule has 22 heavy (non-hydrogen) atoms. The minimum atomic E-state index is 0.823. The first kappa shape index (κ1) is 12.9. The molecule has 2 aromatic carbocycles. The van der Waals surface area contributed by atoms with E-state index >= 15 is 0 Å². The lowest BCUT2D eigenvalue weighted by Gasteiger charge is -2.55. The van der Waals surface area contributed by atoms with Crippen LogP contribution in [-0.4, -0.2) is 0 Å². The van der Waals surface area contributed by atoms with Crippen molar-refractivity contribution in [2.75, 3.05) is 0 Å². The maximum absolute atomic E-state index is 2.43. The molecule has 4 fully saturated rings. The Morgan fingerprint density at radius 1 is 0.591 bits per heavy atom. The fourth-order valence-electron chi connectivity index (χ4n) is 6.10. The third-order valence-corrected chi connectivity index (χ3v) is 6.63. The normalized spacial score (nSPS) is 35.7. The van der Waals surface area contributed by atoms with Crippen LogP contribution in [-0.2, 0) is 0 Å². The quantitative estimate of drug-likeness (QED) is 0.646. The average molecular weight is 288 g/mol. The van der Waals surface area contributed by atoms with Gasteiger partial charge in [-0.2, -0.15) is 0 Å². The molecule has 2 aromatic rings. The molecule has 4 bridgehead atoms. The van der Waals surface area contributed by atoms with Crippen LogP contribution >= 0.6 is 0 Å². The molecule has 0 amide bonds. The van der Waals surface area contributed by atoms with Gasteiger partial charge in [-0.3, -0.25) is 0 Å². The van der Waals surface area contributed by atoms with Gasteiger partial charge in [0, 0.05) is 0 Å². The monoisotopic (exact) mass is 288 g/mol. The van der Waals surface area contributed by atoms with Crippen molar-refractivity contribution in [3.8, 4) is 11.1 Å². The van der Waals surface area contributed by atoms with Gasteiger partial charge >= 0.3 is 0 Å². The predicted octanol–water partition coefficient (Wildman–Crippen LogP) is 5.89. The molecule has 0 heteroatoms. The Hall–Kier alpha value is -1.56. The average Bonchev–Trinajstić information content (AvgIpc) is 2.55. The van der Waals surface area contributed by atoms with Gasteiger partial charge in [0.2, 0.25) is 0 Å². The van der Waals surface area contributed by atoms with Crippen LogP contribution in [0, 0.1) is 23.7 Å². The van der Waals surface area contributed by atoms with Crippen LogP contribution in [0.25, 0.3) is 11.1 Å². The molecule has 0 unspecified atom stereocenters. The second kappa shape index (κ2) is 4.98. The molecular formula is C22H24. The van der Waals surface area contributed by atoms with Crippen LogP contribution in [0.3, 0.4) is 0 Å². The summed E-state index contributed by atoms with van der Waals surface area (Å²) in [6.07, 6.45) is 7.54. The highest BCUT2D eigenvalue weighted by Crippen LogP contribution is 2.60. The third kappa shape index (κ3) is 1.96. The van der Waals surface area contributed by atoms with Crippen LogP contribution in [0.1, 0.15) is 43.6 Å². The zero-order valence-electron chi connectivity index (χ0n) is 13.1. The number of benzene rings is 2. The summed E-state index contributed by atoms with van der Waals surface area (Å²) in [4.78, 5) is 0. The smallest absolute Gasteiger partial charge is 0.00987 e. The van der Waals surface area contributed by atoms with E-state index in [1.165, 1.54) is 36.8 Å². The molecule has 0 nitrogen and oxygen atoms in total. The molecule has 0 spiro atoms. The summed E-state index contributed by atoms with van der Waals surface area (Å²) in [6, 6.07) is 20.2. The first-order chi connectivity index (χ1) is 10.9. The second-order valence-electron chi connectivity index (χ2n) is 7.91. The topological polar surface area (TPSA) is 0 Å². The molecule has 0 aromatic heterocycles. The minimum absolute atomic E-state index is 0.823. The molecule has 0 saturated heterocycles. The Labute approximate surface area is 133 Å². The van der Waals surface area contributed by atoms with E-state index in [1.54, 1.807) is 12.0 Å². The van der Waals surface area contributed by atoms with E-state index in [4.69, 9.17) is 0 Å². The van der Waals surface area contributed by atoms with Crippen molar-refractivity contribution >= 4 is 0 Å². The molecule has 0 radical (unpaired) electrons. The second-order valence-corrected chi connectivity index (χ2v) is 7.91. The molecule has 0 N–H and O–H groups in total. The lowest BCUT2D eigenvalue weighted by atomic mass is 9.50. The maximum Gasteiger partial charge on any atom is -0.00987 e. The van der Waals surface area contributed by atoms with E-state index in [-0.39, 0.29) is 0 Å². The highest BCUT2D eigenvalue weighted by Gasteiger charge is 2.48. The van der Waals surface area contributed by atoms with Crippen molar-refractivity contribution in [2.45, 2.75) is 38.0 Å². The van der Waals surface area contributed by atoms with Crippen LogP contribution < -0.4 is 0 Å². The largest absolute Gasteiger partial charge is 0.0622 e. The number of rotatable bonds is 2. The standard InChI is InChI=1S/C22H24/c1-2-6-17(7-3-1)20-8-4-5-9-21(20)22-18-11-15-10-16(13-18)14-19(22)12-15/h1-9,15-16,18-19,22H,10-14H2. The summed E-state index contributed by atoms with van der Waals surface area (Å²) in [5.41, 5.74) is 4.52. The van der Waals surface area contributed by atoms with Gasteiger partial charge in [-0.15, -0.1) is 0 Å². The van der Waals surface area contributed by atoms with E-state index in [2.05, 4.69) is 54.6 Å². The van der Waals surface area contributed by atoms with Gasteiger partial charge in [0.25, 0.3) is 0 Å². The van der Waals surface area contributed by atoms with Crippen molar-refractivity contribution < 1.29 is 0 Å². The van der Waals surface area contributed by atoms with Gasteiger partial charge < -0.3 is 0 Å². The van der Waals surface area contributed by atoms with Crippen molar-refractivity contribution in [3.63, 3.8) is 0 Å². The van der Waals surface area contributed by atoms with E-state index in [9.17, 15) is 0 Å². The molecule has 6 rings (SSSR count). The van der Waals surface area contributed by atoms with Crippen molar-refractivity contribution in [1.82, 2.24) is 0 Å². The molecular weight excluding hydrogens is 264 g/mol. The van der Waals surface area contributed by atoms with Gasteiger partial charge in [0.15, 0.2) is 0 Å². The van der Waals surface area contributed by atoms with Gasteiger partial charge in [0.05, 0.1) is 0 Å². The van der Waals surface area contributed by atoms with Crippen molar-refractivity contribution in [2.24, 2.45) is 23.7 Å². The molecule has 0 atom stereocenters. The third-order valence-electron chi connectivity index (χ3n) is 6.63. The summed E-state index contributed by atoms with van der Waals surface area (Å²) in [5.74, 6) is 4.86. The Kier molecular flexibility index (Phi) is 2.93. The Bertz CT molecular complexity index is 641. The summed E-state index contributed by atoms with van der Waals surface area (Å²) < 4.78 is 0. The van der Waals surface area contributed by atoms with E-state index in [0.29, 0.717) is 0 Å². The van der Waals surface area contributed by atoms with E-state index < -0.39 is 0 Å². The van der Waals surface area contributed by atoms with Gasteiger partial charge in [0.1, 0.15) is 0 Å². The van der Waals surface area contributed by atoms with Gasteiger partial charge in [-0.1, -0.05) is 54.6 Å². The fraction of sp³-hybridized carbons (Fsp3) is 0.455. The highest BCUT2D eigenvalue weighted by molar-refractivity contribution is 5.68. The molecule has 4 aliphatic rings. The lowest BCUT2D eigenvalue weighted by molar-refractivity contribution is -0.00260. The van der Waals surface area contributed by atoms with Crippen LogP contribution in [0.4, 0.5) is 0 Å². The first-order valence-corrected chi connectivity index (χ1v) is 9.03. The summed E-state index contributed by atoms with van der Waals surface area (Å²) >= 11 is 0. The molecule has 112 valence electrons. The summed E-state index contributed by atoms with van der Waals surface area (Å²) in [5, 5.41) is 0. The van der Waals surface area contributed by atoms with Crippen molar-refractivity contribution in [1.29, 1.82) is 0 Å². The van der Waals surface area contributed by atoms with Crippen LogP contribution in [0.5, 0.6) is 0 Å². The predicted molar refractivity (Wildman–Crippen MR) is 91.7 cm³/mol. The maximum atomic E-state index is 2.43. The zero-order valence-corrected chi connectivity index (χ0v) is 13.1. The lowest BCUT2D eigenvalue weighted by Crippen LogP contribution is -2.43. The SMILES string of the molecule is c1ccc(-c2ccccc2C2C3CC4CC(C3)CC2C4)cc1. The van der Waals surface area contributed by atoms with E-state index in [0.717, 1.165) is 29.6 Å². The number of hydrogen-bond donors (Lipinski definition) is 0. The number of hydrogen-bond acceptors (Lipinski definition) is 0. The molecule has 4 aliphatic carbocycles. The Morgan fingerprint density at radius 2 is 1.18 bits per heavy atom. The Morgan fingerprint density at radius 3 is 1.86 bits per heavy atom. The first-order valence-electron chi connectivity index (χ1n) is 9.03. The molecule has 0 aliphatic heterocycles. The van der Waals surface area contributed by atoms with Gasteiger partial charge in [-0.05, 0) is 78.4 Å². The van der Waals surface area contributed by atoms with Crippen LogP contribution in [0.15, 0.2) is 54.6 Å². The van der Waals surface area contributed by atoms with E-state index in [1.807, 2.05) is 0 Å². The van der Waals surface area contributed by atoms with Crippen LogP contribution in [0.2, 0.25) is 0 Å². The molecule has 0 heterocycles. The highest BCUT2D eigenvalue weighted by atomic mass is 14.5. The zero-order chi connectivity index (χ0) is 14.5. The molecule has 4 saturated carbocycles. The van der Waals surface area contributed by atoms with Gasteiger partial charge in [-0.25, -0.2) is 0 Å². The Balaban J connectivity index is 1.59. The summed E-state index contributed by atoms with van der Waals surface area (Å²) in [6.45, 7) is 0. The fourth-order valence-corrected chi connectivity index (χ4v) is 6.10. The minimum Gasteiger partial charge on any atom is -0.0622 e.